The van der Waals surface area contributed by atoms with Gasteiger partial charge in [-0.05, 0) is 49.9 Å². The minimum absolute atomic E-state index is 0.377. The lowest BCUT2D eigenvalue weighted by molar-refractivity contribution is -0.143. The first-order chi connectivity index (χ1) is 14.9. The van der Waals surface area contributed by atoms with E-state index in [4.69, 9.17) is 28.9 Å². The van der Waals surface area contributed by atoms with Crippen LogP contribution in [0.1, 0.15) is 29.6 Å². The van der Waals surface area contributed by atoms with Gasteiger partial charge < -0.3 is 16.0 Å². The summed E-state index contributed by atoms with van der Waals surface area (Å²) in [5.41, 5.74) is 7.31. The molecule has 1 saturated heterocycles. The maximum Gasteiger partial charge on any atom is 0.254 e. The second-order valence-electron chi connectivity index (χ2n) is 7.16. The molecule has 0 bridgehead atoms. The van der Waals surface area contributed by atoms with Crippen LogP contribution in [0.25, 0.3) is 0 Å². The van der Waals surface area contributed by atoms with Gasteiger partial charge in [-0.3, -0.25) is 14.4 Å². The normalized spacial score (nSPS) is 21.9. The highest BCUT2D eigenvalue weighted by atomic mass is 127. The third kappa shape index (κ3) is 4.40. The van der Waals surface area contributed by atoms with Crippen molar-refractivity contribution in [2.24, 2.45) is 5.73 Å². The average Bonchev–Trinajstić information content (AvgIpc) is 2.85. The molecule has 2 aromatic carbocycles. The van der Waals surface area contributed by atoms with Gasteiger partial charge in [0.2, 0.25) is 11.8 Å². The lowest BCUT2D eigenvalue weighted by atomic mass is 9.97. The fourth-order valence-corrected chi connectivity index (χ4v) is 6.16. The number of carbonyl (C=O) groups excluding carboxylic acids is 3. The third-order valence-corrected chi connectivity index (χ3v) is 7.77. The third-order valence-electron chi connectivity index (χ3n) is 5.21. The zero-order chi connectivity index (χ0) is 22.1. The molecule has 3 atom stereocenters. The molecular weight excluding hydrogens is 552 g/mol. The molecule has 4 rings (SSSR count). The minimum Gasteiger partial charge on any atom is -0.368 e. The summed E-state index contributed by atoms with van der Waals surface area (Å²) in [6, 6.07) is 10.5. The maximum absolute atomic E-state index is 13.8. The van der Waals surface area contributed by atoms with Gasteiger partial charge in [0.25, 0.3) is 5.91 Å². The number of nitrogens with two attached hydrogens (primary N) is 1. The van der Waals surface area contributed by atoms with E-state index < -0.39 is 44.8 Å². The summed E-state index contributed by atoms with van der Waals surface area (Å²) >= 11 is 11.6. The molecule has 2 aliphatic heterocycles. The Hall–Kier alpha value is -2.23. The van der Waals surface area contributed by atoms with E-state index in [1.807, 2.05) is 4.08 Å². The monoisotopic (exact) mass is 569 g/mol. The largest absolute Gasteiger partial charge is 0.368 e. The number of nitrogens with zero attached hydrogens (tertiary/aromatic N) is 1. The van der Waals surface area contributed by atoms with E-state index in [2.05, 4.69) is 9.33 Å². The van der Waals surface area contributed by atoms with E-state index in [1.54, 1.807) is 48.5 Å². The molecule has 0 aromatic heterocycles. The second kappa shape index (κ2) is 9.10. The highest BCUT2D eigenvalue weighted by Gasteiger charge is 2.45. The summed E-state index contributed by atoms with van der Waals surface area (Å²) in [6.07, 6.45) is 0.583. The number of fused-ring (bicyclic) bond motifs is 1. The maximum atomic E-state index is 13.8. The van der Waals surface area contributed by atoms with Crippen LogP contribution in [-0.4, -0.2) is 32.7 Å². The van der Waals surface area contributed by atoms with Gasteiger partial charge in [-0.25, -0.2) is 0 Å². The van der Waals surface area contributed by atoms with Crippen molar-refractivity contribution in [1.82, 2.24) is 10.2 Å². The van der Waals surface area contributed by atoms with Crippen molar-refractivity contribution in [1.29, 1.82) is 0 Å². The van der Waals surface area contributed by atoms with Crippen molar-refractivity contribution in [3.8, 4) is 0 Å². The van der Waals surface area contributed by atoms with Crippen LogP contribution in [-0.2, 0) is 14.4 Å². The Morgan fingerprint density at radius 1 is 1.06 bits per heavy atom. The van der Waals surface area contributed by atoms with E-state index in [-0.39, 0.29) is 11.8 Å². The Kier molecular flexibility index (Phi) is 6.45. The molecule has 160 valence electrons. The Bertz CT molecular complexity index is 1100. The molecule has 2 aromatic rings. The van der Waals surface area contributed by atoms with Gasteiger partial charge in [-0.2, -0.15) is 0 Å². The molecule has 2 aliphatic rings. The first-order valence-corrected chi connectivity index (χ1v) is 12.7. The predicted octanol–water partition coefficient (Wildman–Crippen LogP) is 3.65. The van der Waals surface area contributed by atoms with Gasteiger partial charge >= 0.3 is 0 Å². The number of amides is 3. The molecule has 0 spiro atoms. The molecule has 31 heavy (non-hydrogen) atoms. The van der Waals surface area contributed by atoms with Gasteiger partial charge in [0, 0.05) is 15.6 Å². The topological polar surface area (TPSA) is 92.5 Å². The zero-order valence-corrected chi connectivity index (χ0v) is 19.8. The molecule has 1 fully saturated rings. The van der Waals surface area contributed by atoms with Crippen LogP contribution in [0.15, 0.2) is 58.2 Å². The van der Waals surface area contributed by atoms with Crippen LogP contribution in [0.4, 0.5) is 0 Å². The average molecular weight is 570 g/mol. The first-order valence-electron chi connectivity index (χ1n) is 9.44. The van der Waals surface area contributed by atoms with E-state index in [0.717, 1.165) is 0 Å². The lowest BCUT2D eigenvalue weighted by Gasteiger charge is -2.35. The molecule has 6 nitrogen and oxygen atoms in total. The molecule has 0 radical (unpaired) electrons. The standard InChI is InChI=1S/C22H18Cl2IN3O3/c23-14-5-1-12(2-6-14)18(20(26)29)28-19(13-3-7-15(24)8-4-13)21(30)27-17-9-10-25-11-16(17)22(28)31/h1-8,10-11,17-19H,9H2,(H2,26,29)(H,27,30). The molecular formula is C22H18Cl2IN3O3. The lowest BCUT2D eigenvalue weighted by Crippen LogP contribution is -2.46. The van der Waals surface area contributed by atoms with Crippen LogP contribution in [0, 0.1) is 0 Å². The summed E-state index contributed by atoms with van der Waals surface area (Å²) in [5.74, 6) is -1.49. The van der Waals surface area contributed by atoms with E-state index in [1.165, 1.54) is 4.90 Å². The molecule has 3 N–H and O–H groups in total. The number of nitrogens with one attached hydrogen (secondary N) is 1. The summed E-state index contributed by atoms with van der Waals surface area (Å²) in [5, 5.41) is 3.95. The van der Waals surface area contributed by atoms with Crippen molar-refractivity contribution in [2.75, 3.05) is 0 Å². The molecule has 3 amide bonds. The number of hydrogen-bond donors (Lipinski definition) is 2. The van der Waals surface area contributed by atoms with Crippen LogP contribution in [0.2, 0.25) is 10.0 Å². The number of halogens is 3. The van der Waals surface area contributed by atoms with Gasteiger partial charge in [-0.1, -0.05) is 68.2 Å². The van der Waals surface area contributed by atoms with E-state index >= 15 is 0 Å². The van der Waals surface area contributed by atoms with E-state index in [0.29, 0.717) is 33.2 Å². The molecule has 0 aliphatic carbocycles. The number of hydrogen-bond acceptors (Lipinski definition) is 3. The fourth-order valence-electron chi connectivity index (χ4n) is 3.76. The van der Waals surface area contributed by atoms with Gasteiger partial charge in [-0.15, -0.1) is 0 Å². The highest BCUT2D eigenvalue weighted by Crippen LogP contribution is 2.37. The summed E-state index contributed by atoms with van der Waals surface area (Å²) < 4.78 is 4.01. The Labute approximate surface area is 199 Å². The van der Waals surface area contributed by atoms with Gasteiger partial charge in [0.1, 0.15) is 12.1 Å². The summed E-state index contributed by atoms with van der Waals surface area (Å²) in [6.45, 7) is 0. The number of primary amides is 1. The smallest absolute Gasteiger partial charge is 0.254 e. The van der Waals surface area contributed by atoms with Crippen molar-refractivity contribution in [2.45, 2.75) is 24.5 Å². The highest BCUT2D eigenvalue weighted by molar-refractivity contribution is 14.2. The van der Waals surface area contributed by atoms with Crippen LogP contribution >= 0.6 is 43.9 Å². The van der Waals surface area contributed by atoms with Crippen molar-refractivity contribution < 1.29 is 14.4 Å². The zero-order valence-electron chi connectivity index (χ0n) is 16.1. The van der Waals surface area contributed by atoms with Crippen molar-refractivity contribution in [3.05, 3.63) is 79.4 Å². The molecule has 9 heteroatoms. The minimum atomic E-state index is -1.15. The quantitative estimate of drug-likeness (QED) is 0.551. The Morgan fingerprint density at radius 2 is 1.68 bits per heavy atom. The molecule has 2 heterocycles. The van der Waals surface area contributed by atoms with Crippen molar-refractivity contribution in [3.63, 3.8) is 0 Å². The SMILES string of the molecule is NC(=O)C(c1ccc(Cl)cc1)N1C(=O)C2=CI=CCC2NC(=O)C1c1ccc(Cl)cc1. The van der Waals surface area contributed by atoms with Crippen LogP contribution in [0.5, 0.6) is 0 Å². The fraction of sp³-hybridized carbons (Fsp3) is 0.182. The summed E-state index contributed by atoms with van der Waals surface area (Å²) in [7, 11) is 0. The Morgan fingerprint density at radius 3 is 2.29 bits per heavy atom. The number of carbonyl (C=O) groups is 3. The first kappa shape index (κ1) is 22.0. The van der Waals surface area contributed by atoms with Crippen LogP contribution < -0.4 is 11.1 Å². The van der Waals surface area contributed by atoms with E-state index in [9.17, 15) is 14.4 Å². The van der Waals surface area contributed by atoms with Gasteiger partial charge in [0.15, 0.2) is 0 Å². The summed E-state index contributed by atoms with van der Waals surface area (Å²) in [4.78, 5) is 41.1. The molecule has 0 saturated carbocycles. The van der Waals surface area contributed by atoms with Crippen LogP contribution in [0.3, 0.4) is 0 Å². The Balaban J connectivity index is 1.91. The predicted molar refractivity (Wildman–Crippen MR) is 129 cm³/mol. The van der Waals surface area contributed by atoms with Crippen molar-refractivity contribution >= 4 is 65.7 Å². The molecule has 3 unspecified atom stereocenters. The van der Waals surface area contributed by atoms with Gasteiger partial charge in [0.05, 0.1) is 6.04 Å². The number of rotatable bonds is 4. The number of benzene rings is 2. The second-order valence-corrected chi connectivity index (χ2v) is 10.3.